The van der Waals surface area contributed by atoms with Crippen LogP contribution in [0, 0.1) is 0 Å². The van der Waals surface area contributed by atoms with Crippen molar-refractivity contribution in [1.82, 2.24) is 0 Å². The van der Waals surface area contributed by atoms with Crippen LogP contribution >= 0.6 is 23.2 Å². The molecule has 0 radical (unpaired) electrons. The lowest BCUT2D eigenvalue weighted by Crippen LogP contribution is -2.15. The van der Waals surface area contributed by atoms with E-state index in [1.165, 1.54) is 0 Å². The Hall–Kier alpha value is -1.91. The van der Waals surface area contributed by atoms with E-state index in [0.717, 1.165) is 0 Å². The molecule has 0 spiro atoms. The van der Waals surface area contributed by atoms with Crippen LogP contribution in [0.4, 0.5) is 11.4 Å². The predicted octanol–water partition coefficient (Wildman–Crippen LogP) is 3.98. The average Bonchev–Trinajstić information content (AvgIpc) is 2.45. The predicted molar refractivity (Wildman–Crippen MR) is 86.1 cm³/mol. The van der Waals surface area contributed by atoms with E-state index >= 15 is 0 Å². The molecule has 6 heteroatoms. The van der Waals surface area contributed by atoms with Crippen molar-refractivity contribution in [2.45, 2.75) is 6.42 Å². The van der Waals surface area contributed by atoms with Crippen molar-refractivity contribution in [3.8, 4) is 5.75 Å². The Bertz CT molecular complexity index is 630. The lowest BCUT2D eigenvalue weighted by atomic mass is 10.2. The second-order valence-corrected chi connectivity index (χ2v) is 5.18. The summed E-state index contributed by atoms with van der Waals surface area (Å²) in [7, 11) is 0. The van der Waals surface area contributed by atoms with Gasteiger partial charge in [-0.2, -0.15) is 0 Å². The Labute approximate surface area is 132 Å². The Morgan fingerprint density at radius 3 is 2.52 bits per heavy atom. The second-order valence-electron chi connectivity index (χ2n) is 4.34. The minimum atomic E-state index is -0.161. The van der Waals surface area contributed by atoms with E-state index in [2.05, 4.69) is 5.32 Å². The highest BCUT2D eigenvalue weighted by Gasteiger charge is 2.05. The summed E-state index contributed by atoms with van der Waals surface area (Å²) in [6.07, 6.45) is 0.227. The monoisotopic (exact) mass is 324 g/mol. The molecule has 0 heterocycles. The van der Waals surface area contributed by atoms with Crippen molar-refractivity contribution < 1.29 is 9.53 Å². The molecule has 0 aliphatic rings. The molecule has 4 nitrogen and oxygen atoms in total. The lowest BCUT2D eigenvalue weighted by Gasteiger charge is -2.08. The fourth-order valence-electron chi connectivity index (χ4n) is 1.64. The quantitative estimate of drug-likeness (QED) is 0.817. The molecule has 1 amide bonds. The molecule has 2 rings (SSSR count). The summed E-state index contributed by atoms with van der Waals surface area (Å²) >= 11 is 11.6. The minimum absolute atomic E-state index is 0.161. The normalized spacial score (nSPS) is 10.2. The number of hydrogen-bond acceptors (Lipinski definition) is 3. The highest BCUT2D eigenvalue weighted by atomic mass is 35.5. The van der Waals surface area contributed by atoms with Crippen LogP contribution in [0.25, 0.3) is 0 Å². The molecule has 0 unspecified atom stereocenters. The van der Waals surface area contributed by atoms with E-state index < -0.39 is 0 Å². The van der Waals surface area contributed by atoms with Crippen LogP contribution in [0.5, 0.6) is 5.75 Å². The van der Waals surface area contributed by atoms with Gasteiger partial charge in [-0.15, -0.1) is 0 Å². The Morgan fingerprint density at radius 1 is 1.14 bits per heavy atom. The number of halogens is 2. The third-order valence-electron chi connectivity index (χ3n) is 2.69. The Morgan fingerprint density at radius 2 is 1.86 bits per heavy atom. The number of carbonyl (C=O) groups excluding carboxylic acids is 1. The van der Waals surface area contributed by atoms with Gasteiger partial charge in [0.2, 0.25) is 5.91 Å². The molecule has 0 aromatic heterocycles. The van der Waals surface area contributed by atoms with Crippen molar-refractivity contribution >= 4 is 40.5 Å². The van der Waals surface area contributed by atoms with Crippen molar-refractivity contribution in [2.24, 2.45) is 0 Å². The summed E-state index contributed by atoms with van der Waals surface area (Å²) in [4.78, 5) is 11.8. The zero-order valence-electron chi connectivity index (χ0n) is 11.1. The second kappa shape index (κ2) is 7.20. The molecule has 2 aromatic carbocycles. The highest BCUT2D eigenvalue weighted by Crippen LogP contribution is 2.22. The zero-order valence-corrected chi connectivity index (χ0v) is 12.6. The first kappa shape index (κ1) is 15.5. The van der Waals surface area contributed by atoms with Crippen molar-refractivity contribution in [3.05, 3.63) is 52.5 Å². The smallest absolute Gasteiger partial charge is 0.227 e. The topological polar surface area (TPSA) is 64.3 Å². The number of nitrogens with one attached hydrogen (secondary N) is 1. The van der Waals surface area contributed by atoms with Gasteiger partial charge in [-0.1, -0.05) is 23.2 Å². The first-order valence-electron chi connectivity index (χ1n) is 6.28. The van der Waals surface area contributed by atoms with Crippen LogP contribution in [-0.4, -0.2) is 12.5 Å². The standard InChI is InChI=1S/C15H14Cl2N2O2/c16-10-1-4-12(5-2-10)21-8-7-15(20)19-11-3-6-13(17)14(18)9-11/h1-6,9H,7-8,18H2,(H,19,20). The fourth-order valence-corrected chi connectivity index (χ4v) is 1.88. The molecular formula is C15H14Cl2N2O2. The molecule has 3 N–H and O–H groups in total. The van der Waals surface area contributed by atoms with Gasteiger partial charge in [0.25, 0.3) is 0 Å². The number of benzene rings is 2. The number of rotatable bonds is 5. The maximum absolute atomic E-state index is 11.8. The number of ether oxygens (including phenoxy) is 1. The van der Waals surface area contributed by atoms with Crippen LogP contribution < -0.4 is 15.8 Å². The summed E-state index contributed by atoms with van der Waals surface area (Å²) in [5.74, 6) is 0.508. The number of carbonyl (C=O) groups is 1. The Balaban J connectivity index is 1.79. The van der Waals surface area contributed by atoms with E-state index in [9.17, 15) is 4.79 Å². The first-order chi connectivity index (χ1) is 10.0. The first-order valence-corrected chi connectivity index (χ1v) is 7.03. The highest BCUT2D eigenvalue weighted by molar-refractivity contribution is 6.33. The molecule has 0 atom stereocenters. The van der Waals surface area contributed by atoms with E-state index in [0.29, 0.717) is 27.2 Å². The third kappa shape index (κ3) is 4.85. The number of hydrogen-bond donors (Lipinski definition) is 2. The molecule has 2 aromatic rings. The van der Waals surface area contributed by atoms with E-state index in [-0.39, 0.29) is 18.9 Å². The molecule has 110 valence electrons. The average molecular weight is 325 g/mol. The van der Waals surface area contributed by atoms with Gasteiger partial charge in [-0.3, -0.25) is 4.79 Å². The number of nitrogens with two attached hydrogens (primary N) is 1. The molecule has 0 saturated carbocycles. The molecule has 21 heavy (non-hydrogen) atoms. The van der Waals surface area contributed by atoms with Crippen molar-refractivity contribution in [3.63, 3.8) is 0 Å². The van der Waals surface area contributed by atoms with Crippen LogP contribution in [0.1, 0.15) is 6.42 Å². The van der Waals surface area contributed by atoms with E-state index in [1.54, 1.807) is 42.5 Å². The van der Waals surface area contributed by atoms with Gasteiger partial charge in [-0.05, 0) is 42.5 Å². The number of amides is 1. The molecule has 0 aliphatic heterocycles. The number of anilines is 2. The zero-order chi connectivity index (χ0) is 15.2. The van der Waals surface area contributed by atoms with E-state index in [4.69, 9.17) is 33.7 Å². The largest absolute Gasteiger partial charge is 0.493 e. The summed E-state index contributed by atoms with van der Waals surface area (Å²) < 4.78 is 5.45. The molecular weight excluding hydrogens is 311 g/mol. The van der Waals surface area contributed by atoms with Gasteiger partial charge >= 0.3 is 0 Å². The van der Waals surface area contributed by atoms with Gasteiger partial charge in [0, 0.05) is 10.7 Å². The summed E-state index contributed by atoms with van der Waals surface area (Å²) in [6.45, 7) is 0.274. The van der Waals surface area contributed by atoms with Gasteiger partial charge in [-0.25, -0.2) is 0 Å². The fraction of sp³-hybridized carbons (Fsp3) is 0.133. The maximum Gasteiger partial charge on any atom is 0.227 e. The van der Waals surface area contributed by atoms with E-state index in [1.807, 2.05) is 0 Å². The SMILES string of the molecule is Nc1cc(NC(=O)CCOc2ccc(Cl)cc2)ccc1Cl. The molecule has 0 saturated heterocycles. The van der Waals surface area contributed by atoms with Gasteiger partial charge in [0.1, 0.15) is 5.75 Å². The van der Waals surface area contributed by atoms with Gasteiger partial charge in [0.15, 0.2) is 0 Å². The van der Waals surface area contributed by atoms with Gasteiger partial charge in [0.05, 0.1) is 23.7 Å². The van der Waals surface area contributed by atoms with Crippen LogP contribution in [0.2, 0.25) is 10.0 Å². The van der Waals surface area contributed by atoms with Crippen molar-refractivity contribution in [1.29, 1.82) is 0 Å². The lowest BCUT2D eigenvalue weighted by molar-refractivity contribution is -0.116. The van der Waals surface area contributed by atoms with Crippen LogP contribution in [-0.2, 0) is 4.79 Å². The summed E-state index contributed by atoms with van der Waals surface area (Å²) in [6, 6.07) is 11.9. The summed E-state index contributed by atoms with van der Waals surface area (Å²) in [5, 5.41) is 3.82. The Kier molecular flexibility index (Phi) is 5.31. The van der Waals surface area contributed by atoms with Gasteiger partial charge < -0.3 is 15.8 Å². The third-order valence-corrected chi connectivity index (χ3v) is 3.29. The molecule has 0 aliphatic carbocycles. The minimum Gasteiger partial charge on any atom is -0.493 e. The van der Waals surface area contributed by atoms with Crippen molar-refractivity contribution in [2.75, 3.05) is 17.7 Å². The molecule has 0 bridgehead atoms. The number of nitrogen functional groups attached to an aromatic ring is 1. The van der Waals surface area contributed by atoms with Crippen LogP contribution in [0.15, 0.2) is 42.5 Å². The maximum atomic E-state index is 11.8. The van der Waals surface area contributed by atoms with Crippen LogP contribution in [0.3, 0.4) is 0 Å². The molecule has 0 fully saturated rings. The summed E-state index contributed by atoms with van der Waals surface area (Å²) in [5.41, 5.74) is 6.69.